The van der Waals surface area contributed by atoms with Gasteiger partial charge in [-0.05, 0) is 36.9 Å². The molecule has 0 aliphatic heterocycles. The topological polar surface area (TPSA) is 29.3 Å². The molecule has 2 aromatic rings. The molecular formula is C14H14ClFN2S2. The van der Waals surface area contributed by atoms with Gasteiger partial charge in [0.25, 0.3) is 0 Å². The first-order valence-electron chi connectivity index (χ1n) is 5.96. The molecule has 0 aliphatic rings. The van der Waals surface area contributed by atoms with Crippen molar-refractivity contribution in [2.75, 3.05) is 7.05 Å². The number of hydrogen-bond donors (Lipinski definition) is 1. The van der Waals surface area contributed by atoms with Gasteiger partial charge in [-0.25, -0.2) is 4.39 Å². The van der Waals surface area contributed by atoms with Crippen molar-refractivity contribution in [2.45, 2.75) is 13.1 Å². The fourth-order valence-corrected chi connectivity index (χ4v) is 3.25. The molecule has 1 heterocycles. The summed E-state index contributed by atoms with van der Waals surface area (Å²) in [7, 11) is 2.00. The van der Waals surface area contributed by atoms with Crippen LogP contribution in [-0.2, 0) is 13.1 Å². The van der Waals surface area contributed by atoms with Crippen molar-refractivity contribution in [1.82, 2.24) is 4.90 Å². The third-order valence-electron chi connectivity index (χ3n) is 2.80. The summed E-state index contributed by atoms with van der Waals surface area (Å²) < 4.78 is 14.3. The van der Waals surface area contributed by atoms with Gasteiger partial charge < -0.3 is 5.73 Å². The van der Waals surface area contributed by atoms with Crippen molar-refractivity contribution in [1.29, 1.82) is 0 Å². The van der Waals surface area contributed by atoms with E-state index in [9.17, 15) is 4.39 Å². The Morgan fingerprint density at radius 3 is 2.70 bits per heavy atom. The van der Waals surface area contributed by atoms with Gasteiger partial charge in [-0.1, -0.05) is 29.9 Å². The minimum atomic E-state index is -0.381. The lowest BCUT2D eigenvalue weighted by molar-refractivity contribution is 0.322. The van der Waals surface area contributed by atoms with Gasteiger partial charge in [-0.3, -0.25) is 4.90 Å². The van der Waals surface area contributed by atoms with Crippen LogP contribution in [0, 0.1) is 5.82 Å². The second-order valence-corrected chi connectivity index (χ2v) is 6.80. The van der Waals surface area contributed by atoms with E-state index in [1.807, 2.05) is 19.2 Å². The highest BCUT2D eigenvalue weighted by Crippen LogP contribution is 2.23. The number of thiocarbonyl (C=S) groups is 1. The van der Waals surface area contributed by atoms with Gasteiger partial charge in [-0.15, -0.1) is 11.3 Å². The van der Waals surface area contributed by atoms with E-state index in [1.54, 1.807) is 23.5 Å². The molecule has 1 aromatic carbocycles. The summed E-state index contributed by atoms with van der Waals surface area (Å²) in [6.07, 6.45) is 0. The molecule has 20 heavy (non-hydrogen) atoms. The maximum absolute atomic E-state index is 13.5. The van der Waals surface area contributed by atoms with Crippen molar-refractivity contribution in [2.24, 2.45) is 5.73 Å². The summed E-state index contributed by atoms with van der Waals surface area (Å²) in [5.41, 5.74) is 6.77. The van der Waals surface area contributed by atoms with E-state index in [2.05, 4.69) is 4.90 Å². The van der Waals surface area contributed by atoms with E-state index in [1.165, 1.54) is 10.9 Å². The normalized spacial score (nSPS) is 11.0. The Hall–Kier alpha value is -1.01. The Balaban J connectivity index is 2.06. The molecule has 2 rings (SSSR count). The predicted octanol–water partition coefficient (Wildman–Crippen LogP) is 3.81. The molecule has 0 fully saturated rings. The number of nitrogens with two attached hydrogens (primary N) is 1. The maximum atomic E-state index is 13.5. The first-order chi connectivity index (χ1) is 9.45. The van der Waals surface area contributed by atoms with Crippen LogP contribution in [-0.4, -0.2) is 16.9 Å². The van der Waals surface area contributed by atoms with Crippen LogP contribution in [0.5, 0.6) is 0 Å². The van der Waals surface area contributed by atoms with Gasteiger partial charge in [0, 0.05) is 23.5 Å². The average molecular weight is 329 g/mol. The van der Waals surface area contributed by atoms with Gasteiger partial charge in [0.15, 0.2) is 0 Å². The molecule has 2 N–H and O–H groups in total. The summed E-state index contributed by atoms with van der Waals surface area (Å²) in [6.45, 7) is 1.47. The molecule has 0 unspecified atom stereocenters. The average Bonchev–Trinajstić information content (AvgIpc) is 2.76. The fourth-order valence-electron chi connectivity index (χ4n) is 1.93. The van der Waals surface area contributed by atoms with Crippen LogP contribution in [0.25, 0.3) is 0 Å². The standard InChI is InChI=1S/C14H14ClFN2S2/c1-18(8-10-3-5-13(15)20-10)7-9-2-4-12(16)11(6-9)14(17)19/h2-6H,7-8H2,1H3,(H2,17,19). The quantitative estimate of drug-likeness (QED) is 0.846. The second-order valence-electron chi connectivity index (χ2n) is 4.56. The Bertz CT molecular complexity index is 627. The van der Waals surface area contributed by atoms with Gasteiger partial charge in [0.1, 0.15) is 10.8 Å². The lowest BCUT2D eigenvalue weighted by atomic mass is 10.1. The third kappa shape index (κ3) is 3.99. The van der Waals surface area contributed by atoms with Crippen molar-refractivity contribution in [3.63, 3.8) is 0 Å². The van der Waals surface area contributed by atoms with Gasteiger partial charge in [0.2, 0.25) is 0 Å². The van der Waals surface area contributed by atoms with E-state index in [-0.39, 0.29) is 10.8 Å². The fraction of sp³-hybridized carbons (Fsp3) is 0.214. The molecule has 6 heteroatoms. The maximum Gasteiger partial charge on any atom is 0.133 e. The Kier molecular flexibility index (Phi) is 5.10. The second kappa shape index (κ2) is 6.63. The molecule has 0 aliphatic carbocycles. The smallest absolute Gasteiger partial charge is 0.133 e. The molecule has 0 bridgehead atoms. The summed E-state index contributed by atoms with van der Waals surface area (Å²) in [4.78, 5) is 3.39. The SMILES string of the molecule is CN(Cc1ccc(F)c(C(N)=S)c1)Cc1ccc(Cl)s1. The molecule has 0 saturated carbocycles. The molecule has 2 nitrogen and oxygen atoms in total. The summed E-state index contributed by atoms with van der Waals surface area (Å²) >= 11 is 12.3. The lowest BCUT2D eigenvalue weighted by Gasteiger charge is -2.16. The van der Waals surface area contributed by atoms with Crippen molar-refractivity contribution < 1.29 is 4.39 Å². The molecule has 0 saturated heterocycles. The third-order valence-corrected chi connectivity index (χ3v) is 4.24. The molecule has 0 amide bonds. The van der Waals surface area contributed by atoms with Crippen LogP contribution in [0.3, 0.4) is 0 Å². The number of benzene rings is 1. The highest BCUT2D eigenvalue weighted by molar-refractivity contribution is 7.80. The van der Waals surface area contributed by atoms with Gasteiger partial charge in [0.05, 0.1) is 4.34 Å². The van der Waals surface area contributed by atoms with Gasteiger partial charge >= 0.3 is 0 Å². The van der Waals surface area contributed by atoms with Crippen LogP contribution in [0.4, 0.5) is 4.39 Å². The van der Waals surface area contributed by atoms with Crippen LogP contribution in [0.1, 0.15) is 16.0 Å². The van der Waals surface area contributed by atoms with E-state index >= 15 is 0 Å². The highest BCUT2D eigenvalue weighted by atomic mass is 35.5. The van der Waals surface area contributed by atoms with Crippen LogP contribution < -0.4 is 5.73 Å². The zero-order valence-corrected chi connectivity index (χ0v) is 13.3. The largest absolute Gasteiger partial charge is 0.389 e. The first-order valence-corrected chi connectivity index (χ1v) is 7.57. The number of rotatable bonds is 5. The minimum absolute atomic E-state index is 0.0806. The zero-order valence-electron chi connectivity index (χ0n) is 10.9. The van der Waals surface area contributed by atoms with E-state index < -0.39 is 0 Å². The van der Waals surface area contributed by atoms with Crippen molar-refractivity contribution in [3.05, 3.63) is 56.5 Å². The Morgan fingerprint density at radius 2 is 2.10 bits per heavy atom. The van der Waals surface area contributed by atoms with Crippen molar-refractivity contribution >= 4 is 40.1 Å². The molecule has 0 atom stereocenters. The predicted molar refractivity (Wildman–Crippen MR) is 86.8 cm³/mol. The lowest BCUT2D eigenvalue weighted by Crippen LogP contribution is -2.18. The highest BCUT2D eigenvalue weighted by Gasteiger charge is 2.09. The Labute approximate surface area is 132 Å². The van der Waals surface area contributed by atoms with Crippen LogP contribution >= 0.6 is 35.2 Å². The molecular weight excluding hydrogens is 315 g/mol. The summed E-state index contributed by atoms with van der Waals surface area (Å²) in [5.74, 6) is -0.381. The van der Waals surface area contributed by atoms with E-state index in [4.69, 9.17) is 29.6 Å². The number of halogens is 2. The van der Waals surface area contributed by atoms with Crippen LogP contribution in [0.15, 0.2) is 30.3 Å². The molecule has 1 aromatic heterocycles. The summed E-state index contributed by atoms with van der Waals surface area (Å²) in [6, 6.07) is 8.75. The number of thiophene rings is 1. The zero-order chi connectivity index (χ0) is 14.7. The number of hydrogen-bond acceptors (Lipinski definition) is 3. The summed E-state index contributed by atoms with van der Waals surface area (Å²) in [5, 5.41) is 0. The number of nitrogens with zero attached hydrogens (tertiary/aromatic N) is 1. The van der Waals surface area contributed by atoms with Gasteiger partial charge in [-0.2, -0.15) is 0 Å². The van der Waals surface area contributed by atoms with E-state index in [0.29, 0.717) is 12.1 Å². The first kappa shape index (κ1) is 15.4. The molecule has 0 spiro atoms. The molecule has 0 radical (unpaired) electrons. The Morgan fingerprint density at radius 1 is 1.35 bits per heavy atom. The van der Waals surface area contributed by atoms with Crippen molar-refractivity contribution in [3.8, 4) is 0 Å². The molecule has 106 valence electrons. The minimum Gasteiger partial charge on any atom is -0.389 e. The van der Waals surface area contributed by atoms with E-state index in [0.717, 1.165) is 16.4 Å². The van der Waals surface area contributed by atoms with Crippen LogP contribution in [0.2, 0.25) is 4.34 Å². The monoisotopic (exact) mass is 328 g/mol.